The van der Waals surface area contributed by atoms with E-state index in [4.69, 9.17) is 14.5 Å². The number of aliphatic hydroxyl groups excluding tert-OH is 2. The Morgan fingerprint density at radius 1 is 0.941 bits per heavy atom. The SMILES string of the molecule is O=P(O)(O)OC[C@H]1O[C@@H](n2cnc3c(-c4cccc(-c5ccccc5)c4)ncnc32)[C@H](O)[C@@H]1O. The number of hydrogen-bond acceptors (Lipinski definition) is 8. The zero-order valence-corrected chi connectivity index (χ0v) is 18.5. The second kappa shape index (κ2) is 8.97. The van der Waals surface area contributed by atoms with Crippen molar-refractivity contribution in [3.05, 3.63) is 67.3 Å². The highest BCUT2D eigenvalue weighted by atomic mass is 31.2. The third-order valence-electron chi connectivity index (χ3n) is 5.62. The molecule has 34 heavy (non-hydrogen) atoms. The van der Waals surface area contributed by atoms with Gasteiger partial charge >= 0.3 is 7.82 Å². The molecule has 5 rings (SSSR count). The van der Waals surface area contributed by atoms with Gasteiger partial charge in [-0.1, -0.05) is 48.5 Å². The molecule has 0 bridgehead atoms. The third kappa shape index (κ3) is 4.38. The van der Waals surface area contributed by atoms with Gasteiger partial charge in [0.15, 0.2) is 11.9 Å². The van der Waals surface area contributed by atoms with Gasteiger partial charge in [0.05, 0.1) is 12.9 Å². The van der Waals surface area contributed by atoms with Gasteiger partial charge in [-0.3, -0.25) is 9.09 Å². The standard InChI is InChI=1S/C22H21N4O7P/c27-19-16(10-32-34(29,30)31)33-22(20(19)28)26-12-25-18-17(23-11-24-21(18)26)15-8-4-7-14(9-15)13-5-2-1-3-6-13/h1-9,11-12,16,19-20,22,27-28H,10H2,(H2,29,30,31)/t16-,19-,20-,22-/m1/s1. The Balaban J connectivity index is 1.48. The van der Waals surface area contributed by atoms with Gasteiger partial charge in [-0.15, -0.1) is 0 Å². The Morgan fingerprint density at radius 3 is 2.44 bits per heavy atom. The van der Waals surface area contributed by atoms with Crippen LogP contribution in [0.4, 0.5) is 0 Å². The van der Waals surface area contributed by atoms with E-state index in [1.807, 2.05) is 54.6 Å². The van der Waals surface area contributed by atoms with Crippen molar-refractivity contribution in [2.75, 3.05) is 6.61 Å². The topological polar surface area (TPSA) is 160 Å². The van der Waals surface area contributed by atoms with E-state index >= 15 is 0 Å². The lowest BCUT2D eigenvalue weighted by molar-refractivity contribution is -0.0504. The van der Waals surface area contributed by atoms with Gasteiger partial charge in [0.25, 0.3) is 0 Å². The molecular weight excluding hydrogens is 463 g/mol. The zero-order chi connectivity index (χ0) is 23.9. The molecule has 0 spiro atoms. The molecule has 176 valence electrons. The number of aliphatic hydroxyl groups is 2. The lowest BCUT2D eigenvalue weighted by atomic mass is 10.0. The summed E-state index contributed by atoms with van der Waals surface area (Å²) in [5.74, 6) is 0. The van der Waals surface area contributed by atoms with Crippen LogP contribution in [0.25, 0.3) is 33.5 Å². The molecule has 0 radical (unpaired) electrons. The summed E-state index contributed by atoms with van der Waals surface area (Å²) in [4.78, 5) is 30.9. The maximum Gasteiger partial charge on any atom is 0.469 e. The normalized spacial score (nSPS) is 22.9. The van der Waals surface area contributed by atoms with Crippen molar-refractivity contribution in [2.24, 2.45) is 0 Å². The maximum atomic E-state index is 11.0. The van der Waals surface area contributed by atoms with Crippen molar-refractivity contribution >= 4 is 19.0 Å². The molecule has 3 heterocycles. The predicted octanol–water partition coefficient (Wildman–Crippen LogP) is 1.89. The number of nitrogens with zero attached hydrogens (tertiary/aromatic N) is 4. The summed E-state index contributed by atoms with van der Waals surface area (Å²) in [7, 11) is -4.76. The van der Waals surface area contributed by atoms with E-state index in [1.165, 1.54) is 17.2 Å². The Bertz CT molecular complexity index is 1360. The van der Waals surface area contributed by atoms with Crippen LogP contribution in [0, 0.1) is 0 Å². The van der Waals surface area contributed by atoms with Crippen LogP contribution >= 0.6 is 7.82 Å². The summed E-state index contributed by atoms with van der Waals surface area (Å²) < 4.78 is 22.5. The van der Waals surface area contributed by atoms with Gasteiger partial charge in [-0.25, -0.2) is 19.5 Å². The van der Waals surface area contributed by atoms with Crippen molar-refractivity contribution in [3.8, 4) is 22.4 Å². The fourth-order valence-electron chi connectivity index (χ4n) is 3.99. The van der Waals surface area contributed by atoms with Crippen LogP contribution in [0.3, 0.4) is 0 Å². The fourth-order valence-corrected chi connectivity index (χ4v) is 4.33. The molecule has 0 unspecified atom stereocenters. The van der Waals surface area contributed by atoms with Crippen LogP contribution in [-0.2, 0) is 13.8 Å². The molecule has 4 aromatic rings. The molecule has 1 fully saturated rings. The molecule has 1 aliphatic heterocycles. The van der Waals surface area contributed by atoms with Crippen LogP contribution in [-0.4, -0.2) is 64.4 Å². The summed E-state index contributed by atoms with van der Waals surface area (Å²) in [6, 6.07) is 17.7. The van der Waals surface area contributed by atoms with Crippen LogP contribution in [0.1, 0.15) is 6.23 Å². The minimum atomic E-state index is -4.76. The van der Waals surface area contributed by atoms with Crippen molar-refractivity contribution in [2.45, 2.75) is 24.5 Å². The summed E-state index contributed by atoms with van der Waals surface area (Å²) in [6.07, 6.45) is -2.30. The van der Waals surface area contributed by atoms with Crippen LogP contribution < -0.4 is 0 Å². The number of phosphoric acid groups is 1. The van der Waals surface area contributed by atoms with Crippen molar-refractivity contribution in [1.82, 2.24) is 19.5 Å². The Labute approximate surface area is 193 Å². The summed E-state index contributed by atoms with van der Waals surface area (Å²) >= 11 is 0. The number of ether oxygens (including phenoxy) is 1. The molecule has 11 nitrogen and oxygen atoms in total. The number of fused-ring (bicyclic) bond motifs is 1. The first-order chi connectivity index (χ1) is 16.3. The van der Waals surface area contributed by atoms with Gasteiger partial charge in [0.1, 0.15) is 35.8 Å². The first-order valence-corrected chi connectivity index (χ1v) is 11.9. The maximum absolute atomic E-state index is 11.0. The molecule has 2 aromatic heterocycles. The van der Waals surface area contributed by atoms with E-state index in [-0.39, 0.29) is 0 Å². The molecular formula is C22H21N4O7P. The van der Waals surface area contributed by atoms with Gasteiger partial charge < -0.3 is 24.7 Å². The summed E-state index contributed by atoms with van der Waals surface area (Å²) in [6.45, 7) is -0.599. The Hall–Kier alpha value is -3.02. The van der Waals surface area contributed by atoms with Gasteiger partial charge in [0, 0.05) is 5.56 Å². The van der Waals surface area contributed by atoms with E-state index in [1.54, 1.807) is 0 Å². The van der Waals surface area contributed by atoms with E-state index in [0.717, 1.165) is 16.7 Å². The van der Waals surface area contributed by atoms with E-state index in [9.17, 15) is 14.8 Å². The molecule has 2 aromatic carbocycles. The van der Waals surface area contributed by atoms with Gasteiger partial charge in [-0.2, -0.15) is 0 Å². The van der Waals surface area contributed by atoms with Crippen LogP contribution in [0.2, 0.25) is 0 Å². The lowest BCUT2D eigenvalue weighted by Crippen LogP contribution is -2.33. The molecule has 0 aliphatic carbocycles. The highest BCUT2D eigenvalue weighted by Crippen LogP contribution is 2.39. The van der Waals surface area contributed by atoms with E-state index in [2.05, 4.69) is 19.5 Å². The number of phosphoric ester groups is 1. The van der Waals surface area contributed by atoms with Crippen LogP contribution in [0.5, 0.6) is 0 Å². The predicted molar refractivity (Wildman–Crippen MR) is 120 cm³/mol. The van der Waals surface area contributed by atoms with Crippen molar-refractivity contribution in [1.29, 1.82) is 0 Å². The first-order valence-electron chi connectivity index (χ1n) is 10.4. The molecule has 4 N–H and O–H groups in total. The van der Waals surface area contributed by atoms with Crippen LogP contribution in [0.15, 0.2) is 67.3 Å². The second-order valence-corrected chi connectivity index (χ2v) is 9.07. The monoisotopic (exact) mass is 484 g/mol. The highest BCUT2D eigenvalue weighted by Gasteiger charge is 2.45. The molecule has 1 saturated heterocycles. The second-order valence-electron chi connectivity index (χ2n) is 7.83. The number of rotatable bonds is 6. The number of hydrogen-bond donors (Lipinski definition) is 4. The highest BCUT2D eigenvalue weighted by molar-refractivity contribution is 7.46. The minimum absolute atomic E-state index is 0.364. The molecule has 4 atom stereocenters. The van der Waals surface area contributed by atoms with Crippen molar-refractivity contribution in [3.63, 3.8) is 0 Å². The van der Waals surface area contributed by atoms with Gasteiger partial charge in [0.2, 0.25) is 0 Å². The minimum Gasteiger partial charge on any atom is -0.387 e. The molecule has 12 heteroatoms. The van der Waals surface area contributed by atoms with E-state index in [0.29, 0.717) is 16.9 Å². The number of benzene rings is 2. The first kappa shape index (κ1) is 22.8. The third-order valence-corrected chi connectivity index (χ3v) is 6.11. The fraction of sp³-hybridized carbons (Fsp3) is 0.227. The molecule has 0 amide bonds. The van der Waals surface area contributed by atoms with E-state index < -0.39 is 39.0 Å². The lowest BCUT2D eigenvalue weighted by Gasteiger charge is -2.16. The summed E-state index contributed by atoms with van der Waals surface area (Å²) in [5.41, 5.74) is 4.29. The average molecular weight is 484 g/mol. The largest absolute Gasteiger partial charge is 0.469 e. The number of aromatic nitrogens is 4. The van der Waals surface area contributed by atoms with Crippen molar-refractivity contribution < 1.29 is 33.8 Å². The number of imidazole rings is 1. The Kier molecular flexibility index (Phi) is 6.00. The van der Waals surface area contributed by atoms with Gasteiger partial charge in [-0.05, 0) is 17.2 Å². The average Bonchev–Trinajstić information content (AvgIpc) is 3.39. The quantitative estimate of drug-likeness (QED) is 0.298. The smallest absolute Gasteiger partial charge is 0.387 e. The molecule has 0 saturated carbocycles. The molecule has 1 aliphatic rings. The Morgan fingerprint density at radius 2 is 1.68 bits per heavy atom. The zero-order valence-electron chi connectivity index (χ0n) is 17.6. The summed E-state index contributed by atoms with van der Waals surface area (Å²) in [5, 5.41) is 20.8.